The van der Waals surface area contributed by atoms with Crippen LogP contribution in [0.25, 0.3) is 0 Å². The third-order valence-electron chi connectivity index (χ3n) is 3.93. The van der Waals surface area contributed by atoms with E-state index < -0.39 is 11.7 Å². The number of ketones is 1. The molecule has 0 spiro atoms. The van der Waals surface area contributed by atoms with Crippen molar-refractivity contribution >= 4 is 11.9 Å². The molecule has 3 rings (SSSR count). The van der Waals surface area contributed by atoms with Crippen LogP contribution < -0.4 is 0 Å². The molecule has 0 bridgehead atoms. The minimum absolute atomic E-state index is 0.0998. The number of rotatable bonds is 0. The molecule has 21 heavy (non-hydrogen) atoms. The predicted molar refractivity (Wildman–Crippen MR) is 78.8 cm³/mol. The van der Waals surface area contributed by atoms with Gasteiger partial charge in [0.2, 0.25) is 0 Å². The third kappa shape index (κ3) is 2.15. The monoisotopic (exact) mass is 285 g/mol. The van der Waals surface area contributed by atoms with Crippen molar-refractivity contribution in [3.63, 3.8) is 0 Å². The Balaban J connectivity index is 1.98. The Bertz CT molecular complexity index is 642. The fourth-order valence-electron chi connectivity index (χ4n) is 3.17. The summed E-state index contributed by atoms with van der Waals surface area (Å²) in [7, 11) is 0. The molecule has 1 aliphatic heterocycles. The Labute approximate surface area is 124 Å². The van der Waals surface area contributed by atoms with Gasteiger partial charge in [-0.05, 0) is 32.8 Å². The number of nitrogens with zero attached hydrogens (tertiary/aromatic N) is 1. The van der Waals surface area contributed by atoms with Crippen LogP contribution in [0.15, 0.2) is 36.5 Å². The average Bonchev–Trinajstić information content (AvgIpc) is 2.84. The summed E-state index contributed by atoms with van der Waals surface area (Å²) >= 11 is 0. The summed E-state index contributed by atoms with van der Waals surface area (Å²) in [5, 5.41) is 0. The maximum Gasteiger partial charge on any atom is 0.415 e. The molecule has 0 saturated carbocycles. The minimum Gasteiger partial charge on any atom is -0.443 e. The largest absolute Gasteiger partial charge is 0.443 e. The lowest BCUT2D eigenvalue weighted by Gasteiger charge is -2.29. The maximum absolute atomic E-state index is 12.5. The van der Waals surface area contributed by atoms with E-state index in [1.54, 1.807) is 4.90 Å². The summed E-state index contributed by atoms with van der Waals surface area (Å²) in [4.78, 5) is 26.5. The van der Waals surface area contributed by atoms with Crippen LogP contribution in [0.3, 0.4) is 0 Å². The summed E-state index contributed by atoms with van der Waals surface area (Å²) in [6, 6.07) is 7.21. The summed E-state index contributed by atoms with van der Waals surface area (Å²) in [6.45, 7) is 9.43. The molecule has 1 unspecified atom stereocenters. The van der Waals surface area contributed by atoms with Gasteiger partial charge >= 0.3 is 6.09 Å². The van der Waals surface area contributed by atoms with Crippen LogP contribution in [0.5, 0.6) is 0 Å². The van der Waals surface area contributed by atoms with Crippen molar-refractivity contribution in [3.05, 3.63) is 47.7 Å². The van der Waals surface area contributed by atoms with Gasteiger partial charge in [-0.3, -0.25) is 9.69 Å². The molecule has 0 N–H and O–H groups in total. The number of allylic oxidation sites excluding steroid dienone is 1. The molecule has 1 aromatic rings. The summed E-state index contributed by atoms with van der Waals surface area (Å²) < 4.78 is 5.47. The first-order chi connectivity index (χ1) is 9.79. The van der Waals surface area contributed by atoms with Gasteiger partial charge in [-0.15, -0.1) is 0 Å². The number of carbonyl (C=O) groups excluding carboxylic acids is 2. The zero-order chi connectivity index (χ0) is 15.4. The molecule has 4 heteroatoms. The molecule has 110 valence electrons. The second-order valence-electron chi connectivity index (χ2n) is 6.62. The van der Waals surface area contributed by atoms with E-state index in [-0.39, 0.29) is 17.7 Å². The number of hydrogen-bond acceptors (Lipinski definition) is 3. The van der Waals surface area contributed by atoms with Gasteiger partial charge in [0.15, 0.2) is 5.78 Å². The van der Waals surface area contributed by atoms with Gasteiger partial charge in [-0.25, -0.2) is 4.79 Å². The van der Waals surface area contributed by atoms with Gasteiger partial charge in [-0.1, -0.05) is 30.8 Å². The lowest BCUT2D eigenvalue weighted by atomic mass is 10.0. The van der Waals surface area contributed by atoms with Gasteiger partial charge in [0.25, 0.3) is 0 Å². The first kappa shape index (κ1) is 13.9. The standard InChI is InChI=1S/C17H19NO3/c1-10-9-13-14(18(10)16(20)21-17(2,3)4)11-7-5-6-8-12(11)15(13)19/h5-8,13-14H,1,9H2,2-4H3/t13-,14?/m1/s1. The topological polar surface area (TPSA) is 46.6 Å². The first-order valence-electron chi connectivity index (χ1n) is 7.13. The number of benzene rings is 1. The van der Waals surface area contributed by atoms with Crippen molar-refractivity contribution in [1.82, 2.24) is 4.90 Å². The van der Waals surface area contributed by atoms with E-state index in [4.69, 9.17) is 4.74 Å². The summed E-state index contributed by atoms with van der Waals surface area (Å²) in [6.07, 6.45) is 0.0849. The molecule has 1 heterocycles. The molecule has 2 aliphatic rings. The van der Waals surface area contributed by atoms with Crippen molar-refractivity contribution < 1.29 is 14.3 Å². The van der Waals surface area contributed by atoms with Crippen LogP contribution in [0.1, 0.15) is 49.2 Å². The number of carbonyl (C=O) groups is 2. The van der Waals surface area contributed by atoms with Crippen molar-refractivity contribution in [3.8, 4) is 0 Å². The molecule has 1 aliphatic carbocycles. The fraction of sp³-hybridized carbons (Fsp3) is 0.412. The second kappa shape index (κ2) is 4.45. The van der Waals surface area contributed by atoms with Crippen LogP contribution >= 0.6 is 0 Å². The highest BCUT2D eigenvalue weighted by Gasteiger charge is 2.51. The molecule has 0 aromatic heterocycles. The third-order valence-corrected chi connectivity index (χ3v) is 3.93. The van der Waals surface area contributed by atoms with E-state index in [1.807, 2.05) is 45.0 Å². The van der Waals surface area contributed by atoms with E-state index in [0.29, 0.717) is 17.7 Å². The van der Waals surface area contributed by atoms with Crippen LogP contribution in [0.2, 0.25) is 0 Å². The van der Waals surface area contributed by atoms with Gasteiger partial charge < -0.3 is 4.74 Å². The highest BCUT2D eigenvalue weighted by atomic mass is 16.6. The van der Waals surface area contributed by atoms with Crippen LogP contribution in [-0.2, 0) is 4.74 Å². The number of ether oxygens (including phenoxy) is 1. The van der Waals surface area contributed by atoms with Gasteiger partial charge in [-0.2, -0.15) is 0 Å². The molecule has 1 fully saturated rings. The minimum atomic E-state index is -0.572. The van der Waals surface area contributed by atoms with Crippen LogP contribution in [0.4, 0.5) is 4.79 Å². The van der Waals surface area contributed by atoms with Gasteiger partial charge in [0.05, 0.1) is 12.0 Å². The van der Waals surface area contributed by atoms with E-state index in [0.717, 1.165) is 5.56 Å². The van der Waals surface area contributed by atoms with E-state index >= 15 is 0 Å². The maximum atomic E-state index is 12.5. The number of hydrogen-bond donors (Lipinski definition) is 0. The van der Waals surface area contributed by atoms with Crippen molar-refractivity contribution in [1.29, 1.82) is 0 Å². The van der Waals surface area contributed by atoms with Crippen molar-refractivity contribution in [2.75, 3.05) is 0 Å². The molecule has 1 saturated heterocycles. The Hall–Kier alpha value is -2.10. The molecular weight excluding hydrogens is 266 g/mol. The normalized spacial score (nSPS) is 24.0. The number of likely N-dealkylation sites (tertiary alicyclic amines) is 1. The first-order valence-corrected chi connectivity index (χ1v) is 7.13. The van der Waals surface area contributed by atoms with Crippen LogP contribution in [0, 0.1) is 5.92 Å². The fourth-order valence-corrected chi connectivity index (χ4v) is 3.17. The molecule has 1 aromatic carbocycles. The average molecular weight is 285 g/mol. The lowest BCUT2D eigenvalue weighted by molar-refractivity contribution is 0.0266. The van der Waals surface area contributed by atoms with Gasteiger partial charge in [0, 0.05) is 11.3 Å². The highest BCUT2D eigenvalue weighted by molar-refractivity contribution is 6.04. The highest BCUT2D eigenvalue weighted by Crippen LogP contribution is 2.50. The molecule has 0 radical (unpaired) electrons. The quantitative estimate of drug-likeness (QED) is 0.730. The number of Topliss-reactive ketones (excluding diaryl/α,β-unsaturated/α-hetero) is 1. The Morgan fingerprint density at radius 3 is 2.67 bits per heavy atom. The van der Waals surface area contributed by atoms with Crippen molar-refractivity contribution in [2.24, 2.45) is 5.92 Å². The lowest BCUT2D eigenvalue weighted by Crippen LogP contribution is -2.35. The van der Waals surface area contributed by atoms with E-state index in [9.17, 15) is 9.59 Å². The van der Waals surface area contributed by atoms with Crippen molar-refractivity contribution in [2.45, 2.75) is 38.8 Å². The Kier molecular flexibility index (Phi) is 2.94. The smallest absolute Gasteiger partial charge is 0.415 e. The molecule has 1 amide bonds. The molecular formula is C17H19NO3. The predicted octanol–water partition coefficient (Wildman–Crippen LogP) is 3.69. The second-order valence-corrected chi connectivity index (χ2v) is 6.62. The zero-order valence-electron chi connectivity index (χ0n) is 12.6. The van der Waals surface area contributed by atoms with Crippen LogP contribution in [-0.4, -0.2) is 22.4 Å². The summed E-state index contributed by atoms with van der Waals surface area (Å²) in [5.41, 5.74) is 1.70. The Morgan fingerprint density at radius 2 is 2.00 bits per heavy atom. The van der Waals surface area contributed by atoms with E-state index in [1.165, 1.54) is 0 Å². The number of fused-ring (bicyclic) bond motifs is 3. The zero-order valence-corrected chi connectivity index (χ0v) is 12.6. The van der Waals surface area contributed by atoms with E-state index in [2.05, 4.69) is 6.58 Å². The SMILES string of the molecule is C=C1C[C@H]2C(=O)c3ccccc3C2N1C(=O)OC(C)(C)C. The molecule has 4 nitrogen and oxygen atoms in total. The van der Waals surface area contributed by atoms with Gasteiger partial charge in [0.1, 0.15) is 5.60 Å². The number of amides is 1. The summed E-state index contributed by atoms with van der Waals surface area (Å²) in [5.74, 6) is -0.120. The molecule has 2 atom stereocenters. The Morgan fingerprint density at radius 1 is 1.33 bits per heavy atom.